The van der Waals surface area contributed by atoms with Gasteiger partial charge in [0.05, 0.1) is 22.4 Å². The van der Waals surface area contributed by atoms with Crippen LogP contribution >= 0.6 is 23.2 Å². The highest BCUT2D eigenvalue weighted by Gasteiger charge is 2.13. The van der Waals surface area contributed by atoms with E-state index in [1.54, 1.807) is 30.3 Å². The Balaban J connectivity index is 1.66. The average Bonchev–Trinajstić information content (AvgIpc) is 2.68. The minimum Gasteiger partial charge on any atom is -0.423 e. The van der Waals surface area contributed by atoms with Gasteiger partial charge < -0.3 is 4.74 Å². The second-order valence-electron chi connectivity index (χ2n) is 5.77. The molecule has 0 heterocycles. The second kappa shape index (κ2) is 9.32. The highest BCUT2D eigenvalue weighted by Crippen LogP contribution is 2.23. The monoisotopic (exact) mass is 430 g/mol. The first kappa shape index (κ1) is 20.5. The van der Waals surface area contributed by atoms with Gasteiger partial charge in [-0.25, -0.2) is 14.6 Å². The molecular formula is C21H13Cl2FN2O3. The third-order valence-corrected chi connectivity index (χ3v) is 4.27. The van der Waals surface area contributed by atoms with Gasteiger partial charge in [0.1, 0.15) is 11.6 Å². The number of amides is 1. The normalized spacial score (nSPS) is 10.7. The van der Waals surface area contributed by atoms with Crippen molar-refractivity contribution >= 4 is 41.3 Å². The summed E-state index contributed by atoms with van der Waals surface area (Å²) in [4.78, 5) is 24.2. The van der Waals surface area contributed by atoms with Gasteiger partial charge in [0.2, 0.25) is 0 Å². The van der Waals surface area contributed by atoms with E-state index in [1.165, 1.54) is 42.6 Å². The standard InChI is InChI=1S/C21H13Cl2FN2O3/c22-14-8-9-16(18(23)11-14)21(28)29-15-5-3-4-13(10-15)12-25-26-20(27)17-6-1-2-7-19(17)24/h1-12H,(H,26,27). The van der Waals surface area contributed by atoms with E-state index in [2.05, 4.69) is 10.5 Å². The number of esters is 1. The molecule has 0 aliphatic heterocycles. The number of halogens is 3. The molecule has 29 heavy (non-hydrogen) atoms. The molecule has 0 fully saturated rings. The van der Waals surface area contributed by atoms with Crippen molar-refractivity contribution in [3.8, 4) is 5.75 Å². The lowest BCUT2D eigenvalue weighted by molar-refractivity contribution is 0.0734. The first-order chi connectivity index (χ1) is 13.9. The van der Waals surface area contributed by atoms with Crippen LogP contribution in [0.15, 0.2) is 71.8 Å². The van der Waals surface area contributed by atoms with Crippen molar-refractivity contribution < 1.29 is 18.7 Å². The molecule has 1 amide bonds. The van der Waals surface area contributed by atoms with Gasteiger partial charge in [0.15, 0.2) is 0 Å². The summed E-state index contributed by atoms with van der Waals surface area (Å²) in [6.07, 6.45) is 1.34. The van der Waals surface area contributed by atoms with E-state index in [-0.39, 0.29) is 21.9 Å². The molecule has 0 spiro atoms. The van der Waals surface area contributed by atoms with Crippen molar-refractivity contribution in [2.24, 2.45) is 5.10 Å². The molecule has 8 heteroatoms. The fraction of sp³-hybridized carbons (Fsp3) is 0. The predicted octanol–water partition coefficient (Wildman–Crippen LogP) is 5.12. The van der Waals surface area contributed by atoms with Gasteiger partial charge in [-0.3, -0.25) is 4.79 Å². The largest absolute Gasteiger partial charge is 0.423 e. The minimum atomic E-state index is -0.681. The van der Waals surface area contributed by atoms with E-state index in [4.69, 9.17) is 27.9 Å². The van der Waals surface area contributed by atoms with Crippen molar-refractivity contribution in [1.29, 1.82) is 0 Å². The van der Waals surface area contributed by atoms with E-state index in [9.17, 15) is 14.0 Å². The van der Waals surface area contributed by atoms with E-state index < -0.39 is 17.7 Å². The molecule has 3 aromatic carbocycles. The zero-order valence-electron chi connectivity index (χ0n) is 14.7. The van der Waals surface area contributed by atoms with Gasteiger partial charge in [0, 0.05) is 5.02 Å². The quantitative estimate of drug-likeness (QED) is 0.264. The lowest BCUT2D eigenvalue weighted by Crippen LogP contribution is -2.18. The SMILES string of the molecule is O=C(NN=Cc1cccc(OC(=O)c2ccc(Cl)cc2Cl)c1)c1ccccc1F. The highest BCUT2D eigenvalue weighted by atomic mass is 35.5. The molecule has 3 rings (SSSR count). The Morgan fingerprint density at radius 1 is 0.966 bits per heavy atom. The van der Waals surface area contributed by atoms with E-state index >= 15 is 0 Å². The number of hydrogen-bond donors (Lipinski definition) is 1. The third kappa shape index (κ3) is 5.40. The van der Waals surface area contributed by atoms with Crippen LogP contribution in [0.25, 0.3) is 0 Å². The number of carbonyl (C=O) groups excluding carboxylic acids is 2. The summed E-state index contributed by atoms with van der Waals surface area (Å²) in [7, 11) is 0. The molecule has 146 valence electrons. The van der Waals surface area contributed by atoms with Crippen molar-refractivity contribution in [3.05, 3.63) is 99.3 Å². The Labute approximate surface area is 175 Å². The molecule has 0 bridgehead atoms. The average molecular weight is 431 g/mol. The summed E-state index contributed by atoms with van der Waals surface area (Å²) in [6, 6.07) is 16.5. The van der Waals surface area contributed by atoms with Crippen molar-refractivity contribution in [2.45, 2.75) is 0 Å². The Hall–Kier alpha value is -3.22. The maximum Gasteiger partial charge on any atom is 0.345 e. The Bertz CT molecular complexity index is 1100. The summed E-state index contributed by atoms with van der Waals surface area (Å²) >= 11 is 11.8. The first-order valence-electron chi connectivity index (χ1n) is 8.29. The molecule has 3 aromatic rings. The summed E-state index contributed by atoms with van der Waals surface area (Å²) in [5.74, 6) is -1.71. The maximum atomic E-state index is 13.6. The van der Waals surface area contributed by atoms with E-state index in [0.29, 0.717) is 10.6 Å². The van der Waals surface area contributed by atoms with Gasteiger partial charge in [-0.05, 0) is 48.0 Å². The van der Waals surface area contributed by atoms with Crippen LogP contribution in [0.4, 0.5) is 4.39 Å². The lowest BCUT2D eigenvalue weighted by Gasteiger charge is -2.07. The number of nitrogens with zero attached hydrogens (tertiary/aromatic N) is 1. The molecule has 0 atom stereocenters. The summed E-state index contributed by atoms with van der Waals surface area (Å²) in [6.45, 7) is 0. The molecule has 0 saturated carbocycles. The van der Waals surface area contributed by atoms with E-state index in [0.717, 1.165) is 0 Å². The third-order valence-electron chi connectivity index (χ3n) is 3.72. The van der Waals surface area contributed by atoms with Crippen LogP contribution in [-0.4, -0.2) is 18.1 Å². The first-order valence-corrected chi connectivity index (χ1v) is 9.05. The van der Waals surface area contributed by atoms with Crippen molar-refractivity contribution in [3.63, 3.8) is 0 Å². The fourth-order valence-electron chi connectivity index (χ4n) is 2.35. The van der Waals surface area contributed by atoms with Gasteiger partial charge in [-0.1, -0.05) is 47.5 Å². The predicted molar refractivity (Wildman–Crippen MR) is 109 cm³/mol. The summed E-state index contributed by atoms with van der Waals surface area (Å²) in [5.41, 5.74) is 2.84. The molecular weight excluding hydrogens is 418 g/mol. The van der Waals surface area contributed by atoms with Gasteiger partial charge in [-0.2, -0.15) is 5.10 Å². The number of rotatable bonds is 5. The minimum absolute atomic E-state index is 0.118. The number of hydrazone groups is 1. The van der Waals surface area contributed by atoms with Gasteiger partial charge in [0.25, 0.3) is 5.91 Å². The number of benzene rings is 3. The molecule has 0 aliphatic rings. The van der Waals surface area contributed by atoms with Gasteiger partial charge >= 0.3 is 5.97 Å². The van der Waals surface area contributed by atoms with Crippen LogP contribution in [0.2, 0.25) is 10.0 Å². The second-order valence-corrected chi connectivity index (χ2v) is 6.61. The molecule has 0 aliphatic carbocycles. The lowest BCUT2D eigenvalue weighted by atomic mass is 10.2. The van der Waals surface area contributed by atoms with E-state index in [1.807, 2.05) is 0 Å². The molecule has 5 nitrogen and oxygen atoms in total. The summed E-state index contributed by atoms with van der Waals surface area (Å²) in [5, 5.41) is 4.38. The topological polar surface area (TPSA) is 67.8 Å². The Morgan fingerprint density at radius 2 is 1.76 bits per heavy atom. The number of ether oxygens (including phenoxy) is 1. The van der Waals surface area contributed by atoms with Crippen LogP contribution in [0.5, 0.6) is 5.75 Å². The summed E-state index contributed by atoms with van der Waals surface area (Å²) < 4.78 is 18.9. The zero-order valence-corrected chi connectivity index (χ0v) is 16.2. The smallest absolute Gasteiger partial charge is 0.345 e. The highest BCUT2D eigenvalue weighted by molar-refractivity contribution is 6.36. The van der Waals surface area contributed by atoms with Crippen molar-refractivity contribution in [1.82, 2.24) is 5.43 Å². The van der Waals surface area contributed by atoms with Crippen molar-refractivity contribution in [2.75, 3.05) is 0 Å². The molecule has 0 radical (unpaired) electrons. The fourth-order valence-corrected chi connectivity index (χ4v) is 2.83. The number of nitrogens with one attached hydrogen (secondary N) is 1. The van der Waals surface area contributed by atoms with Crippen LogP contribution in [0.3, 0.4) is 0 Å². The van der Waals surface area contributed by atoms with Crippen LogP contribution in [-0.2, 0) is 0 Å². The van der Waals surface area contributed by atoms with Gasteiger partial charge in [-0.15, -0.1) is 0 Å². The Morgan fingerprint density at radius 3 is 2.52 bits per heavy atom. The molecule has 1 N–H and O–H groups in total. The number of carbonyl (C=O) groups is 2. The zero-order chi connectivity index (χ0) is 20.8. The van der Waals surface area contributed by atoms with Crippen LogP contribution in [0.1, 0.15) is 26.3 Å². The maximum absolute atomic E-state index is 13.6. The molecule has 0 saturated heterocycles. The molecule has 0 unspecified atom stereocenters. The number of hydrogen-bond acceptors (Lipinski definition) is 4. The Kier molecular flexibility index (Phi) is 6.59. The van der Waals surface area contributed by atoms with Crippen LogP contribution in [0, 0.1) is 5.82 Å². The molecule has 0 aromatic heterocycles. The van der Waals surface area contributed by atoms with Crippen LogP contribution < -0.4 is 10.2 Å².